The molecule has 106 valence electrons. The molecule has 0 aromatic heterocycles. The van der Waals surface area contributed by atoms with Crippen molar-refractivity contribution in [3.8, 4) is 0 Å². The quantitative estimate of drug-likeness (QED) is 0.829. The molecule has 0 saturated heterocycles. The lowest BCUT2D eigenvalue weighted by molar-refractivity contribution is -0.123. The van der Waals surface area contributed by atoms with E-state index in [-0.39, 0.29) is 6.54 Å². The molecule has 0 atom stereocenters. The molecule has 3 N–H and O–H groups in total. The van der Waals surface area contributed by atoms with Crippen molar-refractivity contribution in [2.24, 2.45) is 0 Å². The number of carbonyl (C=O) groups excluding carboxylic acids is 1. The number of hydrogen-bond acceptors (Lipinski definition) is 2. The van der Waals surface area contributed by atoms with Crippen LogP contribution in [0.2, 0.25) is 0 Å². The van der Waals surface area contributed by atoms with Crippen LogP contribution in [0.5, 0.6) is 0 Å². The summed E-state index contributed by atoms with van der Waals surface area (Å²) in [6.45, 7) is 0.920. The number of nitrogens with one attached hydrogen (secondary N) is 1. The van der Waals surface area contributed by atoms with E-state index in [4.69, 9.17) is 5.73 Å². The zero-order valence-corrected chi connectivity index (χ0v) is 10.5. The normalized spacial score (nSPS) is 11.2. The first-order valence-corrected chi connectivity index (χ1v) is 5.75. The molecule has 2 amide bonds. The second kappa shape index (κ2) is 6.31. The van der Waals surface area contributed by atoms with E-state index in [0.717, 1.165) is 5.56 Å². The van der Waals surface area contributed by atoms with Crippen LogP contribution in [0.1, 0.15) is 12.5 Å². The van der Waals surface area contributed by atoms with Gasteiger partial charge in [0.2, 0.25) is 0 Å². The molecule has 0 saturated carbocycles. The van der Waals surface area contributed by atoms with Gasteiger partial charge in [-0.1, -0.05) is 12.1 Å². The van der Waals surface area contributed by atoms with E-state index in [1.165, 1.54) is 4.90 Å². The second-order valence-electron chi connectivity index (χ2n) is 4.03. The van der Waals surface area contributed by atoms with Gasteiger partial charge in [-0.05, 0) is 24.6 Å². The number of nitrogens with two attached hydrogens (primary N) is 1. The van der Waals surface area contributed by atoms with Crippen molar-refractivity contribution in [1.29, 1.82) is 0 Å². The largest absolute Gasteiger partial charge is 0.405 e. The molecular formula is C12H16F3N3O. The van der Waals surface area contributed by atoms with Gasteiger partial charge in [0.1, 0.15) is 6.54 Å². The van der Waals surface area contributed by atoms with E-state index in [0.29, 0.717) is 12.2 Å². The van der Waals surface area contributed by atoms with Crippen LogP contribution in [0.3, 0.4) is 0 Å². The number of alkyl halides is 3. The number of anilines is 1. The molecule has 0 spiro atoms. The number of hydrogen-bond donors (Lipinski definition) is 2. The fourth-order valence-corrected chi connectivity index (χ4v) is 1.46. The van der Waals surface area contributed by atoms with E-state index >= 15 is 0 Å². The minimum absolute atomic E-state index is 0.237. The van der Waals surface area contributed by atoms with Crippen molar-refractivity contribution in [3.63, 3.8) is 0 Å². The Morgan fingerprint density at radius 1 is 1.32 bits per heavy atom. The maximum Gasteiger partial charge on any atom is 0.405 e. The zero-order chi connectivity index (χ0) is 14.5. The van der Waals surface area contributed by atoms with Gasteiger partial charge in [0.05, 0.1) is 0 Å². The van der Waals surface area contributed by atoms with Gasteiger partial charge in [0.15, 0.2) is 0 Å². The molecule has 0 heterocycles. The maximum atomic E-state index is 12.0. The molecule has 7 heteroatoms. The molecule has 0 bridgehead atoms. The van der Waals surface area contributed by atoms with Crippen molar-refractivity contribution < 1.29 is 18.0 Å². The number of rotatable bonds is 4. The molecule has 19 heavy (non-hydrogen) atoms. The minimum Gasteiger partial charge on any atom is -0.399 e. The van der Waals surface area contributed by atoms with Crippen LogP contribution in [0.15, 0.2) is 24.3 Å². The number of carbonyl (C=O) groups is 1. The Hall–Kier alpha value is -1.92. The summed E-state index contributed by atoms with van der Waals surface area (Å²) in [6, 6.07) is 6.08. The van der Waals surface area contributed by atoms with E-state index in [9.17, 15) is 18.0 Å². The van der Waals surface area contributed by atoms with Crippen LogP contribution < -0.4 is 11.1 Å². The number of amides is 2. The molecule has 1 rings (SSSR count). The molecule has 0 aliphatic rings. The monoisotopic (exact) mass is 275 g/mol. The highest BCUT2D eigenvalue weighted by molar-refractivity contribution is 5.74. The summed E-state index contributed by atoms with van der Waals surface area (Å²) in [7, 11) is 0. The zero-order valence-electron chi connectivity index (χ0n) is 10.5. The maximum absolute atomic E-state index is 12.0. The number of nitrogens with zero attached hydrogens (tertiary/aromatic N) is 1. The lowest BCUT2D eigenvalue weighted by atomic mass is 10.2. The Morgan fingerprint density at radius 2 is 1.89 bits per heavy atom. The van der Waals surface area contributed by atoms with Crippen molar-refractivity contribution in [2.45, 2.75) is 19.6 Å². The smallest absolute Gasteiger partial charge is 0.399 e. The second-order valence-corrected chi connectivity index (χ2v) is 4.03. The Labute approximate surface area is 109 Å². The summed E-state index contributed by atoms with van der Waals surface area (Å²) >= 11 is 0. The van der Waals surface area contributed by atoms with Crippen LogP contribution in [0.4, 0.5) is 23.7 Å². The first kappa shape index (κ1) is 15.1. The van der Waals surface area contributed by atoms with Crippen LogP contribution in [-0.4, -0.2) is 30.2 Å². The third-order valence-electron chi connectivity index (χ3n) is 2.46. The Kier molecular flexibility index (Phi) is 5.02. The summed E-state index contributed by atoms with van der Waals surface area (Å²) in [6.07, 6.45) is -4.41. The summed E-state index contributed by atoms with van der Waals surface area (Å²) in [5.41, 5.74) is 6.92. The van der Waals surface area contributed by atoms with E-state index in [1.54, 1.807) is 31.2 Å². The van der Waals surface area contributed by atoms with Crippen LogP contribution >= 0.6 is 0 Å². The Morgan fingerprint density at radius 3 is 2.37 bits per heavy atom. The predicted molar refractivity (Wildman–Crippen MR) is 66.4 cm³/mol. The fraction of sp³-hybridized carbons (Fsp3) is 0.417. The average molecular weight is 275 g/mol. The average Bonchev–Trinajstić information content (AvgIpc) is 2.34. The van der Waals surface area contributed by atoms with Gasteiger partial charge in [-0.2, -0.15) is 13.2 Å². The van der Waals surface area contributed by atoms with Gasteiger partial charge >= 0.3 is 12.2 Å². The van der Waals surface area contributed by atoms with Gasteiger partial charge in [-0.3, -0.25) is 0 Å². The van der Waals surface area contributed by atoms with E-state index < -0.39 is 18.8 Å². The summed E-state index contributed by atoms with van der Waals surface area (Å²) in [4.78, 5) is 12.9. The number of benzene rings is 1. The molecule has 0 radical (unpaired) electrons. The first-order chi connectivity index (χ1) is 8.81. The highest BCUT2D eigenvalue weighted by Gasteiger charge is 2.28. The topological polar surface area (TPSA) is 58.4 Å². The standard InChI is InChI=1S/C12H16F3N3O/c1-2-18(11(19)17-8-12(13,14)15)7-9-3-5-10(16)6-4-9/h3-6H,2,7-8,16H2,1H3,(H,17,19). The summed E-state index contributed by atoms with van der Waals surface area (Å²) in [5, 5.41) is 1.84. The number of nitrogen functional groups attached to an aromatic ring is 1. The first-order valence-electron chi connectivity index (χ1n) is 5.75. The number of urea groups is 1. The van der Waals surface area contributed by atoms with Crippen molar-refractivity contribution in [2.75, 3.05) is 18.8 Å². The molecule has 0 fully saturated rings. The van der Waals surface area contributed by atoms with Crippen LogP contribution in [0, 0.1) is 0 Å². The Bertz CT molecular complexity index is 417. The van der Waals surface area contributed by atoms with Gasteiger partial charge < -0.3 is 16.0 Å². The molecule has 1 aromatic rings. The minimum atomic E-state index is -4.41. The van der Waals surface area contributed by atoms with Crippen LogP contribution in [-0.2, 0) is 6.54 Å². The van der Waals surface area contributed by atoms with Crippen molar-refractivity contribution >= 4 is 11.7 Å². The fourth-order valence-electron chi connectivity index (χ4n) is 1.46. The molecule has 0 aliphatic heterocycles. The third kappa shape index (κ3) is 5.50. The lowest BCUT2D eigenvalue weighted by Gasteiger charge is -2.22. The lowest BCUT2D eigenvalue weighted by Crippen LogP contribution is -2.43. The molecule has 4 nitrogen and oxygen atoms in total. The summed E-state index contributed by atoms with van der Waals surface area (Å²) < 4.78 is 36.0. The molecule has 0 unspecified atom stereocenters. The highest BCUT2D eigenvalue weighted by atomic mass is 19.4. The van der Waals surface area contributed by atoms with Crippen molar-refractivity contribution in [1.82, 2.24) is 10.2 Å². The van der Waals surface area contributed by atoms with Crippen molar-refractivity contribution in [3.05, 3.63) is 29.8 Å². The van der Waals surface area contributed by atoms with E-state index in [2.05, 4.69) is 0 Å². The predicted octanol–water partition coefficient (Wildman–Crippen LogP) is 2.36. The Balaban J connectivity index is 2.57. The summed E-state index contributed by atoms with van der Waals surface area (Å²) in [5.74, 6) is 0. The number of halogens is 3. The van der Waals surface area contributed by atoms with Gasteiger partial charge in [0, 0.05) is 18.8 Å². The van der Waals surface area contributed by atoms with Gasteiger partial charge in [-0.25, -0.2) is 4.79 Å². The van der Waals surface area contributed by atoms with Gasteiger partial charge in [-0.15, -0.1) is 0 Å². The SMILES string of the molecule is CCN(Cc1ccc(N)cc1)C(=O)NCC(F)(F)F. The molecular weight excluding hydrogens is 259 g/mol. The van der Waals surface area contributed by atoms with E-state index in [1.807, 2.05) is 5.32 Å². The highest BCUT2D eigenvalue weighted by Crippen LogP contribution is 2.13. The van der Waals surface area contributed by atoms with Crippen LogP contribution in [0.25, 0.3) is 0 Å². The van der Waals surface area contributed by atoms with Gasteiger partial charge in [0.25, 0.3) is 0 Å². The molecule has 1 aromatic carbocycles. The molecule has 0 aliphatic carbocycles. The third-order valence-corrected chi connectivity index (χ3v) is 2.46.